The Kier molecular flexibility index (Phi) is 5.24. The van der Waals surface area contributed by atoms with E-state index < -0.39 is 0 Å². The second-order valence-corrected chi connectivity index (χ2v) is 8.50. The Labute approximate surface area is 156 Å². The first kappa shape index (κ1) is 18.7. The Hall–Kier alpha value is -2.07. The van der Waals surface area contributed by atoms with Gasteiger partial charge in [0.1, 0.15) is 5.76 Å². The maximum Gasteiger partial charge on any atom is 0.289 e. The van der Waals surface area contributed by atoms with Crippen LogP contribution in [0.2, 0.25) is 0 Å². The van der Waals surface area contributed by atoms with Gasteiger partial charge in [0.05, 0.1) is 0 Å². The monoisotopic (exact) mass is 354 g/mol. The molecule has 1 amide bonds. The lowest BCUT2D eigenvalue weighted by molar-refractivity contribution is 0.0630. The quantitative estimate of drug-likeness (QED) is 0.886. The standard InChI is InChI=1S/C22H30N2O2/c1-15(23)17-6-5-13-24(14-17)21(25)20-12-11-19(26-20)16-7-9-18(10-8-16)22(2,3)4/h7-12,15,17H,5-6,13-14,23H2,1-4H3. The van der Waals surface area contributed by atoms with E-state index in [0.29, 0.717) is 18.2 Å². The molecule has 2 N–H and O–H groups in total. The van der Waals surface area contributed by atoms with E-state index in [0.717, 1.165) is 30.7 Å². The van der Waals surface area contributed by atoms with Gasteiger partial charge in [-0.25, -0.2) is 0 Å². The number of nitrogens with zero attached hydrogens (tertiary/aromatic N) is 1. The van der Waals surface area contributed by atoms with E-state index in [1.165, 1.54) is 5.56 Å². The number of carbonyl (C=O) groups excluding carboxylic acids is 1. The van der Waals surface area contributed by atoms with Crippen molar-refractivity contribution in [2.24, 2.45) is 11.7 Å². The molecule has 4 heteroatoms. The summed E-state index contributed by atoms with van der Waals surface area (Å²) in [7, 11) is 0. The molecule has 1 aromatic carbocycles. The molecule has 1 aliphatic rings. The van der Waals surface area contributed by atoms with Gasteiger partial charge in [-0.1, -0.05) is 45.0 Å². The average molecular weight is 354 g/mol. The summed E-state index contributed by atoms with van der Waals surface area (Å²) in [6.45, 7) is 10.1. The molecule has 0 aliphatic carbocycles. The van der Waals surface area contributed by atoms with Gasteiger partial charge in [0.25, 0.3) is 5.91 Å². The van der Waals surface area contributed by atoms with Gasteiger partial charge >= 0.3 is 0 Å². The van der Waals surface area contributed by atoms with Crippen molar-refractivity contribution < 1.29 is 9.21 Å². The molecule has 140 valence electrons. The summed E-state index contributed by atoms with van der Waals surface area (Å²) in [5, 5.41) is 0. The largest absolute Gasteiger partial charge is 0.451 e. The van der Waals surface area contributed by atoms with Crippen molar-refractivity contribution in [2.45, 2.75) is 52.0 Å². The van der Waals surface area contributed by atoms with Crippen LogP contribution in [-0.2, 0) is 5.41 Å². The first-order valence-corrected chi connectivity index (χ1v) is 9.51. The fraction of sp³-hybridized carbons (Fsp3) is 0.500. The van der Waals surface area contributed by atoms with Gasteiger partial charge in [-0.3, -0.25) is 4.79 Å². The Morgan fingerprint density at radius 1 is 1.19 bits per heavy atom. The van der Waals surface area contributed by atoms with E-state index in [1.54, 1.807) is 6.07 Å². The van der Waals surface area contributed by atoms with Gasteiger partial charge in [-0.2, -0.15) is 0 Å². The first-order chi connectivity index (χ1) is 12.3. The van der Waals surface area contributed by atoms with E-state index in [4.69, 9.17) is 10.2 Å². The summed E-state index contributed by atoms with van der Waals surface area (Å²) in [5.74, 6) is 1.47. The second-order valence-electron chi connectivity index (χ2n) is 8.50. The van der Waals surface area contributed by atoms with Crippen LogP contribution >= 0.6 is 0 Å². The van der Waals surface area contributed by atoms with Gasteiger partial charge in [-0.15, -0.1) is 0 Å². The molecule has 0 bridgehead atoms. The topological polar surface area (TPSA) is 59.5 Å². The molecule has 1 saturated heterocycles. The second kappa shape index (κ2) is 7.28. The minimum Gasteiger partial charge on any atom is -0.451 e. The van der Waals surface area contributed by atoms with Crippen LogP contribution in [0, 0.1) is 5.92 Å². The molecule has 2 atom stereocenters. The molecule has 0 spiro atoms. The van der Waals surface area contributed by atoms with Gasteiger partial charge in [-0.05, 0) is 48.8 Å². The minimum absolute atomic E-state index is 0.0343. The van der Waals surface area contributed by atoms with Gasteiger partial charge in [0.2, 0.25) is 0 Å². The molecule has 26 heavy (non-hydrogen) atoms. The smallest absolute Gasteiger partial charge is 0.289 e. The number of nitrogens with two attached hydrogens (primary N) is 1. The lowest BCUT2D eigenvalue weighted by atomic mass is 9.86. The zero-order valence-corrected chi connectivity index (χ0v) is 16.3. The van der Waals surface area contributed by atoms with Crippen LogP contribution < -0.4 is 5.73 Å². The highest BCUT2D eigenvalue weighted by Crippen LogP contribution is 2.28. The summed E-state index contributed by atoms with van der Waals surface area (Å²) >= 11 is 0. The van der Waals surface area contributed by atoms with Crippen LogP contribution in [0.3, 0.4) is 0 Å². The number of rotatable bonds is 3. The van der Waals surface area contributed by atoms with Crippen molar-refractivity contribution in [1.82, 2.24) is 4.90 Å². The van der Waals surface area contributed by atoms with E-state index in [2.05, 4.69) is 45.0 Å². The van der Waals surface area contributed by atoms with E-state index in [1.807, 2.05) is 17.9 Å². The number of benzene rings is 1. The minimum atomic E-state index is -0.0343. The molecule has 1 fully saturated rings. The van der Waals surface area contributed by atoms with Crippen molar-refractivity contribution in [3.05, 3.63) is 47.7 Å². The van der Waals surface area contributed by atoms with Crippen LogP contribution in [-0.4, -0.2) is 29.9 Å². The van der Waals surface area contributed by atoms with Crippen molar-refractivity contribution in [3.8, 4) is 11.3 Å². The molecule has 0 saturated carbocycles. The third-order valence-electron chi connectivity index (χ3n) is 5.34. The van der Waals surface area contributed by atoms with Crippen LogP contribution in [0.5, 0.6) is 0 Å². The predicted octanol–water partition coefficient (Wildman–Crippen LogP) is 4.44. The molecule has 2 unspecified atom stereocenters. The first-order valence-electron chi connectivity index (χ1n) is 9.51. The van der Waals surface area contributed by atoms with Crippen LogP contribution in [0.1, 0.15) is 56.7 Å². The highest BCUT2D eigenvalue weighted by Gasteiger charge is 2.28. The van der Waals surface area contributed by atoms with Crippen molar-refractivity contribution in [2.75, 3.05) is 13.1 Å². The summed E-state index contributed by atoms with van der Waals surface area (Å²) in [6, 6.07) is 12.1. The SMILES string of the molecule is CC(N)C1CCCN(C(=O)c2ccc(-c3ccc(C(C)(C)C)cc3)o2)C1. The number of amides is 1. The third-order valence-corrected chi connectivity index (χ3v) is 5.34. The highest BCUT2D eigenvalue weighted by atomic mass is 16.4. The Morgan fingerprint density at radius 3 is 2.50 bits per heavy atom. The summed E-state index contributed by atoms with van der Waals surface area (Å²) < 4.78 is 5.88. The van der Waals surface area contributed by atoms with E-state index >= 15 is 0 Å². The zero-order valence-electron chi connectivity index (χ0n) is 16.3. The summed E-state index contributed by atoms with van der Waals surface area (Å²) in [4.78, 5) is 14.7. The number of hydrogen-bond acceptors (Lipinski definition) is 3. The Bertz CT molecular complexity index is 753. The molecule has 3 rings (SSSR count). The lowest BCUT2D eigenvalue weighted by Gasteiger charge is -2.34. The molecule has 2 heterocycles. The normalized spacial score (nSPS) is 19.4. The van der Waals surface area contributed by atoms with Crippen LogP contribution in [0.25, 0.3) is 11.3 Å². The summed E-state index contributed by atoms with van der Waals surface area (Å²) in [6.07, 6.45) is 2.09. The predicted molar refractivity (Wildman–Crippen MR) is 105 cm³/mol. The molecular formula is C22H30N2O2. The Morgan fingerprint density at radius 2 is 1.88 bits per heavy atom. The fourth-order valence-electron chi connectivity index (χ4n) is 3.52. The van der Waals surface area contributed by atoms with E-state index in [9.17, 15) is 4.79 Å². The highest BCUT2D eigenvalue weighted by molar-refractivity contribution is 5.92. The molecule has 2 aromatic rings. The number of carbonyl (C=O) groups is 1. The molecule has 0 radical (unpaired) electrons. The van der Waals surface area contributed by atoms with Gasteiger partial charge in [0.15, 0.2) is 5.76 Å². The maximum atomic E-state index is 12.8. The zero-order chi connectivity index (χ0) is 18.9. The molecule has 4 nitrogen and oxygen atoms in total. The third kappa shape index (κ3) is 4.01. The van der Waals surface area contributed by atoms with Crippen LogP contribution in [0.4, 0.5) is 0 Å². The maximum absolute atomic E-state index is 12.8. The Balaban J connectivity index is 1.74. The van der Waals surface area contributed by atoms with Crippen molar-refractivity contribution in [3.63, 3.8) is 0 Å². The average Bonchev–Trinajstić information content (AvgIpc) is 3.10. The van der Waals surface area contributed by atoms with Gasteiger partial charge in [0, 0.05) is 24.7 Å². The van der Waals surface area contributed by atoms with Gasteiger partial charge < -0.3 is 15.1 Å². The molecule has 1 aromatic heterocycles. The van der Waals surface area contributed by atoms with Crippen LogP contribution in [0.15, 0.2) is 40.8 Å². The fourth-order valence-corrected chi connectivity index (χ4v) is 3.52. The molecule has 1 aliphatic heterocycles. The summed E-state index contributed by atoms with van der Waals surface area (Å²) in [5.41, 5.74) is 8.42. The number of likely N-dealkylation sites (tertiary alicyclic amines) is 1. The number of hydrogen-bond donors (Lipinski definition) is 1. The van der Waals surface area contributed by atoms with Crippen molar-refractivity contribution in [1.29, 1.82) is 0 Å². The molecular weight excluding hydrogens is 324 g/mol. The number of furan rings is 1. The van der Waals surface area contributed by atoms with Crippen molar-refractivity contribution >= 4 is 5.91 Å². The lowest BCUT2D eigenvalue weighted by Crippen LogP contribution is -2.44. The van der Waals surface area contributed by atoms with E-state index in [-0.39, 0.29) is 17.4 Å². The number of piperidine rings is 1.